The van der Waals surface area contributed by atoms with Crippen molar-refractivity contribution in [3.05, 3.63) is 0 Å². The van der Waals surface area contributed by atoms with Crippen LogP contribution in [0.15, 0.2) is 0 Å². The van der Waals surface area contributed by atoms with Crippen molar-refractivity contribution in [2.24, 2.45) is 11.8 Å². The highest BCUT2D eigenvalue weighted by molar-refractivity contribution is 5.69. The molecular weight excluding hydrogens is 226 g/mol. The van der Waals surface area contributed by atoms with E-state index in [0.717, 1.165) is 32.4 Å². The number of piperidine rings is 1. The van der Waals surface area contributed by atoms with E-state index < -0.39 is 0 Å². The fourth-order valence-corrected chi connectivity index (χ4v) is 2.49. The van der Waals surface area contributed by atoms with Crippen molar-refractivity contribution in [3.63, 3.8) is 0 Å². The minimum Gasteiger partial charge on any atom is -0.465 e. The lowest BCUT2D eigenvalue weighted by Gasteiger charge is -2.22. The van der Waals surface area contributed by atoms with Crippen LogP contribution < -0.4 is 5.32 Å². The maximum absolute atomic E-state index is 11.8. The van der Waals surface area contributed by atoms with Gasteiger partial charge in [-0.25, -0.2) is 0 Å². The second-order valence-electron chi connectivity index (χ2n) is 5.50. The molecule has 1 rings (SSSR count). The summed E-state index contributed by atoms with van der Waals surface area (Å²) in [6.07, 6.45) is 7.61. The third-order valence-corrected chi connectivity index (χ3v) is 3.94. The van der Waals surface area contributed by atoms with Crippen molar-refractivity contribution < 1.29 is 9.53 Å². The topological polar surface area (TPSA) is 38.3 Å². The van der Waals surface area contributed by atoms with Crippen LogP contribution in [0.2, 0.25) is 0 Å². The molecule has 3 heteroatoms. The monoisotopic (exact) mass is 255 g/mol. The quantitative estimate of drug-likeness (QED) is 0.677. The number of unbranched alkanes of at least 4 members (excludes halogenated alkanes) is 1. The van der Waals surface area contributed by atoms with E-state index in [4.69, 9.17) is 4.74 Å². The van der Waals surface area contributed by atoms with Gasteiger partial charge in [0.15, 0.2) is 0 Å². The van der Waals surface area contributed by atoms with E-state index in [9.17, 15) is 4.79 Å². The first-order chi connectivity index (χ1) is 8.76. The predicted molar refractivity (Wildman–Crippen MR) is 74.5 cm³/mol. The first kappa shape index (κ1) is 15.5. The summed E-state index contributed by atoms with van der Waals surface area (Å²) in [4.78, 5) is 11.8. The molecule has 1 unspecified atom stereocenters. The Bertz CT molecular complexity index is 225. The normalized spacial score (nSPS) is 18.6. The third kappa shape index (κ3) is 6.39. The lowest BCUT2D eigenvalue weighted by molar-refractivity contribution is -0.146. The van der Waals surface area contributed by atoms with Gasteiger partial charge in [-0.3, -0.25) is 4.79 Å². The number of ether oxygens (including phenoxy) is 1. The van der Waals surface area contributed by atoms with E-state index in [-0.39, 0.29) is 5.97 Å². The summed E-state index contributed by atoms with van der Waals surface area (Å²) < 4.78 is 5.44. The van der Waals surface area contributed by atoms with E-state index in [1.54, 1.807) is 0 Å². The number of rotatable bonds is 8. The second-order valence-corrected chi connectivity index (χ2v) is 5.50. The Morgan fingerprint density at radius 3 is 2.67 bits per heavy atom. The van der Waals surface area contributed by atoms with Gasteiger partial charge in [-0.15, -0.1) is 0 Å². The Kier molecular flexibility index (Phi) is 8.06. The van der Waals surface area contributed by atoms with Crippen LogP contribution >= 0.6 is 0 Å². The highest BCUT2D eigenvalue weighted by atomic mass is 16.5. The largest absolute Gasteiger partial charge is 0.465 e. The second kappa shape index (κ2) is 9.37. The zero-order valence-corrected chi connectivity index (χ0v) is 12.0. The van der Waals surface area contributed by atoms with Crippen LogP contribution in [0, 0.1) is 11.8 Å². The van der Waals surface area contributed by atoms with Crippen LogP contribution in [0.1, 0.15) is 58.8 Å². The molecule has 1 N–H and O–H groups in total. The molecule has 0 amide bonds. The van der Waals surface area contributed by atoms with Gasteiger partial charge in [-0.2, -0.15) is 0 Å². The summed E-state index contributed by atoms with van der Waals surface area (Å²) >= 11 is 0. The molecule has 1 fully saturated rings. The SMILES string of the molecule is CCCCC(CC)COC(=O)CC1CCNCC1. The Morgan fingerprint density at radius 1 is 1.33 bits per heavy atom. The van der Waals surface area contributed by atoms with Crippen LogP contribution in [0.25, 0.3) is 0 Å². The van der Waals surface area contributed by atoms with Crippen LogP contribution in [0.4, 0.5) is 0 Å². The maximum atomic E-state index is 11.8. The first-order valence-corrected chi connectivity index (χ1v) is 7.62. The molecule has 106 valence electrons. The number of carbonyl (C=O) groups is 1. The summed E-state index contributed by atoms with van der Waals surface area (Å²) in [5.74, 6) is 1.10. The zero-order chi connectivity index (χ0) is 13.2. The molecule has 0 aromatic rings. The molecule has 18 heavy (non-hydrogen) atoms. The summed E-state index contributed by atoms with van der Waals surface area (Å²) in [6, 6.07) is 0. The van der Waals surface area contributed by atoms with Crippen LogP contribution in [0.3, 0.4) is 0 Å². The summed E-state index contributed by atoms with van der Waals surface area (Å²) in [7, 11) is 0. The predicted octanol–water partition coefficient (Wildman–Crippen LogP) is 3.14. The Morgan fingerprint density at radius 2 is 2.06 bits per heavy atom. The van der Waals surface area contributed by atoms with Gasteiger partial charge in [-0.05, 0) is 44.2 Å². The van der Waals surface area contributed by atoms with Crippen molar-refractivity contribution in [1.29, 1.82) is 0 Å². The number of hydrogen-bond donors (Lipinski definition) is 1. The lowest BCUT2D eigenvalue weighted by Crippen LogP contribution is -2.29. The van der Waals surface area contributed by atoms with Gasteiger partial charge in [0, 0.05) is 6.42 Å². The average Bonchev–Trinajstić information content (AvgIpc) is 2.40. The van der Waals surface area contributed by atoms with E-state index in [0.29, 0.717) is 24.9 Å². The molecule has 1 heterocycles. The average molecular weight is 255 g/mol. The molecule has 0 spiro atoms. The van der Waals surface area contributed by atoms with Gasteiger partial charge in [0.1, 0.15) is 0 Å². The van der Waals surface area contributed by atoms with E-state index >= 15 is 0 Å². The molecule has 0 aliphatic carbocycles. The number of hydrogen-bond acceptors (Lipinski definition) is 3. The molecule has 0 aromatic carbocycles. The van der Waals surface area contributed by atoms with E-state index in [2.05, 4.69) is 19.2 Å². The minimum atomic E-state index is 0.0110. The molecule has 1 aliphatic rings. The number of esters is 1. The smallest absolute Gasteiger partial charge is 0.306 e. The molecule has 1 aliphatic heterocycles. The third-order valence-electron chi connectivity index (χ3n) is 3.94. The summed E-state index contributed by atoms with van der Waals surface area (Å²) in [5.41, 5.74) is 0. The standard InChI is InChI=1S/C15H29NO2/c1-3-5-6-13(4-2)12-18-15(17)11-14-7-9-16-10-8-14/h13-14,16H,3-12H2,1-2H3. The number of nitrogens with one attached hydrogen (secondary N) is 1. The van der Waals surface area contributed by atoms with Crippen LogP contribution in [-0.4, -0.2) is 25.7 Å². The molecule has 1 saturated heterocycles. The summed E-state index contributed by atoms with van der Waals surface area (Å²) in [6.45, 7) is 7.11. The van der Waals surface area contributed by atoms with Gasteiger partial charge in [0.2, 0.25) is 0 Å². The van der Waals surface area contributed by atoms with E-state index in [1.165, 1.54) is 19.3 Å². The summed E-state index contributed by atoms with van der Waals surface area (Å²) in [5, 5.41) is 3.32. The van der Waals surface area contributed by atoms with Crippen LogP contribution in [0.5, 0.6) is 0 Å². The highest BCUT2D eigenvalue weighted by Gasteiger charge is 2.18. The van der Waals surface area contributed by atoms with E-state index in [1.807, 2.05) is 0 Å². The minimum absolute atomic E-state index is 0.0110. The Labute approximate surface area is 112 Å². The highest BCUT2D eigenvalue weighted by Crippen LogP contribution is 2.18. The van der Waals surface area contributed by atoms with Crippen molar-refractivity contribution in [1.82, 2.24) is 5.32 Å². The van der Waals surface area contributed by atoms with Crippen molar-refractivity contribution in [2.75, 3.05) is 19.7 Å². The molecule has 0 aromatic heterocycles. The first-order valence-electron chi connectivity index (χ1n) is 7.62. The van der Waals surface area contributed by atoms with Gasteiger partial charge < -0.3 is 10.1 Å². The van der Waals surface area contributed by atoms with Crippen LogP contribution in [-0.2, 0) is 9.53 Å². The maximum Gasteiger partial charge on any atom is 0.306 e. The van der Waals surface area contributed by atoms with Crippen molar-refractivity contribution in [2.45, 2.75) is 58.8 Å². The fourth-order valence-electron chi connectivity index (χ4n) is 2.49. The zero-order valence-electron chi connectivity index (χ0n) is 12.0. The van der Waals surface area contributed by atoms with Gasteiger partial charge in [0.05, 0.1) is 6.61 Å². The molecular formula is C15H29NO2. The van der Waals surface area contributed by atoms with Crippen molar-refractivity contribution >= 4 is 5.97 Å². The van der Waals surface area contributed by atoms with Crippen molar-refractivity contribution in [3.8, 4) is 0 Å². The van der Waals surface area contributed by atoms with Gasteiger partial charge in [0.25, 0.3) is 0 Å². The molecule has 0 bridgehead atoms. The molecule has 3 nitrogen and oxygen atoms in total. The van der Waals surface area contributed by atoms with Gasteiger partial charge in [-0.1, -0.05) is 33.1 Å². The Balaban J connectivity index is 2.14. The molecule has 0 radical (unpaired) electrons. The molecule has 0 saturated carbocycles. The number of carbonyl (C=O) groups excluding carboxylic acids is 1. The fraction of sp³-hybridized carbons (Fsp3) is 0.933. The molecule has 1 atom stereocenters. The lowest BCUT2D eigenvalue weighted by atomic mass is 9.95. The van der Waals surface area contributed by atoms with Gasteiger partial charge >= 0.3 is 5.97 Å². The Hall–Kier alpha value is -0.570.